The van der Waals surface area contributed by atoms with Gasteiger partial charge in [-0.25, -0.2) is 8.42 Å². The van der Waals surface area contributed by atoms with Gasteiger partial charge >= 0.3 is 0 Å². The predicted octanol–water partition coefficient (Wildman–Crippen LogP) is 1.57. The summed E-state index contributed by atoms with van der Waals surface area (Å²) in [6, 6.07) is 8.94. The summed E-state index contributed by atoms with van der Waals surface area (Å²) in [6.07, 6.45) is 3.23. The molecule has 0 unspecified atom stereocenters. The first-order chi connectivity index (χ1) is 17.6. The van der Waals surface area contributed by atoms with Crippen molar-refractivity contribution in [3.05, 3.63) is 52.3 Å². The van der Waals surface area contributed by atoms with E-state index in [0.29, 0.717) is 61.9 Å². The van der Waals surface area contributed by atoms with Crippen LogP contribution in [-0.4, -0.2) is 69.2 Å². The molecule has 0 atom stereocenters. The lowest BCUT2D eigenvalue weighted by atomic mass is 10.0. The van der Waals surface area contributed by atoms with Crippen molar-refractivity contribution in [1.29, 1.82) is 5.26 Å². The van der Waals surface area contributed by atoms with Crippen molar-refractivity contribution in [2.24, 2.45) is 0 Å². The Labute approximate surface area is 216 Å². The van der Waals surface area contributed by atoms with Crippen LogP contribution in [0.5, 0.6) is 0 Å². The van der Waals surface area contributed by atoms with Crippen LogP contribution in [0.4, 0.5) is 0 Å². The molecule has 2 saturated carbocycles. The molecule has 5 rings (SSSR count). The van der Waals surface area contributed by atoms with Gasteiger partial charge in [-0.15, -0.1) is 0 Å². The lowest BCUT2D eigenvalue weighted by Crippen LogP contribution is -2.48. The van der Waals surface area contributed by atoms with Crippen LogP contribution < -0.4 is 5.32 Å². The number of nitrogens with one attached hydrogen (secondary N) is 1. The molecule has 0 saturated heterocycles. The molecule has 3 aliphatic rings. The lowest BCUT2D eigenvalue weighted by molar-refractivity contribution is 0.0721. The number of carbonyl (C=O) groups is 2. The summed E-state index contributed by atoms with van der Waals surface area (Å²) < 4.78 is 26.5. The van der Waals surface area contributed by atoms with Crippen LogP contribution in [0.15, 0.2) is 24.3 Å². The second-order valence-corrected chi connectivity index (χ2v) is 13.4. The second-order valence-electron chi connectivity index (χ2n) is 10.6. The van der Waals surface area contributed by atoms with Crippen LogP contribution in [0.3, 0.4) is 0 Å². The number of fused-ring (bicyclic) bond motifs is 1. The summed E-state index contributed by atoms with van der Waals surface area (Å²) >= 11 is 0. The average molecular weight is 526 g/mol. The molecule has 2 aliphatic carbocycles. The molecule has 0 spiro atoms. The number of nitrogens with zero attached hydrogens (tertiary/aromatic N) is 4. The van der Waals surface area contributed by atoms with Crippen LogP contribution in [0.1, 0.15) is 76.7 Å². The summed E-state index contributed by atoms with van der Waals surface area (Å²) in [5.41, 5.74) is 2.38. The Bertz CT molecular complexity index is 1380. The molecule has 2 heterocycles. The number of carbonyl (C=O) groups excluding carboxylic acids is 2. The molecule has 2 N–H and O–H groups in total. The molecular weight excluding hydrogens is 494 g/mol. The van der Waals surface area contributed by atoms with E-state index in [-0.39, 0.29) is 37.8 Å². The van der Waals surface area contributed by atoms with Crippen LogP contribution in [0, 0.1) is 11.3 Å². The van der Waals surface area contributed by atoms with Crippen LogP contribution >= 0.6 is 0 Å². The number of rotatable bonds is 10. The molecule has 11 heteroatoms. The number of sulfone groups is 1. The first kappa shape index (κ1) is 25.4. The Hall–Kier alpha value is -3.23. The molecule has 1 aromatic heterocycles. The van der Waals surface area contributed by atoms with E-state index >= 15 is 0 Å². The minimum absolute atomic E-state index is 0.0906. The van der Waals surface area contributed by atoms with Gasteiger partial charge in [-0.3, -0.25) is 14.3 Å². The molecule has 10 nitrogen and oxygen atoms in total. The quantitative estimate of drug-likeness (QED) is 0.479. The Kier molecular flexibility index (Phi) is 6.36. The minimum atomic E-state index is -3.36. The van der Waals surface area contributed by atoms with E-state index < -0.39 is 25.2 Å². The number of hydrogen-bond acceptors (Lipinski definition) is 7. The Morgan fingerprint density at radius 3 is 2.51 bits per heavy atom. The number of aryl methyl sites for hydroxylation is 1. The van der Waals surface area contributed by atoms with Gasteiger partial charge in [0.25, 0.3) is 11.8 Å². The third-order valence-electron chi connectivity index (χ3n) is 7.91. The Balaban J connectivity index is 1.36. The maximum absolute atomic E-state index is 13.6. The molecular formula is C26H31N5O5S. The van der Waals surface area contributed by atoms with E-state index in [1.54, 1.807) is 36.1 Å². The summed E-state index contributed by atoms with van der Waals surface area (Å²) in [4.78, 5) is 28.3. The van der Waals surface area contributed by atoms with Crippen molar-refractivity contribution in [3.63, 3.8) is 0 Å². The molecule has 2 fully saturated rings. The SMILES string of the molecule is CC1(S(=O)(=O)C2(CN3CCc4c(C(=O)NCc5ccc(C#N)cc5)nn(CCCO)c4C3=O)CC2)CC1. The van der Waals surface area contributed by atoms with Crippen molar-refractivity contribution < 1.29 is 23.1 Å². The van der Waals surface area contributed by atoms with Crippen molar-refractivity contribution in [1.82, 2.24) is 20.0 Å². The highest BCUT2D eigenvalue weighted by molar-refractivity contribution is 7.94. The molecule has 2 aromatic rings. The van der Waals surface area contributed by atoms with E-state index in [0.717, 1.165) is 5.56 Å². The van der Waals surface area contributed by atoms with Gasteiger partial charge in [-0.05, 0) is 63.1 Å². The smallest absolute Gasteiger partial charge is 0.272 e. The van der Waals surface area contributed by atoms with Crippen molar-refractivity contribution in [3.8, 4) is 6.07 Å². The summed E-state index contributed by atoms with van der Waals surface area (Å²) in [5.74, 6) is -0.729. The monoisotopic (exact) mass is 525 g/mol. The number of nitriles is 1. The average Bonchev–Trinajstić information content (AvgIpc) is 3.81. The molecule has 0 radical (unpaired) electrons. The summed E-state index contributed by atoms with van der Waals surface area (Å²) in [5, 5.41) is 25.6. The second kappa shape index (κ2) is 9.26. The fourth-order valence-electron chi connectivity index (χ4n) is 5.12. The number of amides is 2. The van der Waals surface area contributed by atoms with E-state index in [2.05, 4.69) is 16.5 Å². The maximum Gasteiger partial charge on any atom is 0.272 e. The van der Waals surface area contributed by atoms with Crippen LogP contribution in [0.25, 0.3) is 0 Å². The molecule has 2 amide bonds. The van der Waals surface area contributed by atoms with Crippen molar-refractivity contribution in [2.75, 3.05) is 19.7 Å². The standard InChI is InChI=1S/C26H31N5O5S/c1-25(8-9-25)37(35,36)26(10-11-26)17-30-13-7-20-21(29-31(12-2-14-32)22(20)24(30)34)23(33)28-16-19-5-3-18(15-27)4-6-19/h3-6,32H,2,7-14,16-17H2,1H3,(H,28,33). The number of aliphatic hydroxyl groups is 1. The number of benzene rings is 1. The van der Waals surface area contributed by atoms with E-state index in [1.807, 2.05) is 0 Å². The van der Waals surface area contributed by atoms with Gasteiger partial charge in [-0.2, -0.15) is 10.4 Å². The van der Waals surface area contributed by atoms with E-state index in [4.69, 9.17) is 5.26 Å². The first-order valence-corrected chi connectivity index (χ1v) is 14.1. The number of hydrogen-bond donors (Lipinski definition) is 2. The van der Waals surface area contributed by atoms with E-state index in [9.17, 15) is 23.1 Å². The largest absolute Gasteiger partial charge is 0.396 e. The zero-order valence-electron chi connectivity index (χ0n) is 20.9. The van der Waals surface area contributed by atoms with E-state index in [1.165, 1.54) is 4.68 Å². The third-order valence-corrected chi connectivity index (χ3v) is 11.3. The Morgan fingerprint density at radius 2 is 1.92 bits per heavy atom. The van der Waals surface area contributed by atoms with Crippen LogP contribution in [-0.2, 0) is 29.3 Å². The van der Waals surface area contributed by atoms with Gasteiger partial charge in [0, 0.05) is 38.3 Å². The van der Waals surface area contributed by atoms with Crippen molar-refractivity contribution in [2.45, 2.75) is 68.0 Å². The van der Waals surface area contributed by atoms with Crippen molar-refractivity contribution >= 4 is 21.7 Å². The lowest BCUT2D eigenvalue weighted by Gasteiger charge is -2.32. The highest BCUT2D eigenvalue weighted by atomic mass is 32.2. The zero-order chi connectivity index (χ0) is 26.4. The highest BCUT2D eigenvalue weighted by Crippen LogP contribution is 2.56. The number of aromatic nitrogens is 2. The normalized spacial score (nSPS) is 19.2. The maximum atomic E-state index is 13.6. The predicted molar refractivity (Wildman–Crippen MR) is 134 cm³/mol. The molecule has 0 bridgehead atoms. The molecule has 1 aliphatic heterocycles. The minimum Gasteiger partial charge on any atom is -0.396 e. The molecule has 1 aromatic carbocycles. The fourth-order valence-corrected chi connectivity index (χ4v) is 7.77. The van der Waals surface area contributed by atoms with Gasteiger partial charge < -0.3 is 15.3 Å². The van der Waals surface area contributed by atoms with Gasteiger partial charge in [0.15, 0.2) is 15.5 Å². The third kappa shape index (κ3) is 4.42. The zero-order valence-corrected chi connectivity index (χ0v) is 21.7. The van der Waals surface area contributed by atoms with Gasteiger partial charge in [0.1, 0.15) is 5.69 Å². The van der Waals surface area contributed by atoms with Gasteiger partial charge in [-0.1, -0.05) is 12.1 Å². The first-order valence-electron chi connectivity index (χ1n) is 12.7. The molecule has 196 valence electrons. The molecule has 37 heavy (non-hydrogen) atoms. The van der Waals surface area contributed by atoms with Crippen LogP contribution in [0.2, 0.25) is 0 Å². The Morgan fingerprint density at radius 1 is 1.22 bits per heavy atom. The van der Waals surface area contributed by atoms with Gasteiger partial charge in [0.2, 0.25) is 0 Å². The highest BCUT2D eigenvalue weighted by Gasteiger charge is 2.65. The topological polar surface area (TPSA) is 145 Å². The summed E-state index contributed by atoms with van der Waals surface area (Å²) in [7, 11) is -3.36. The van der Waals surface area contributed by atoms with Gasteiger partial charge in [0.05, 0.1) is 21.1 Å². The number of aliphatic hydroxyl groups excluding tert-OH is 1. The summed E-state index contributed by atoms with van der Waals surface area (Å²) in [6.45, 7) is 2.69. The fraction of sp³-hybridized carbons (Fsp3) is 0.538.